The summed E-state index contributed by atoms with van der Waals surface area (Å²) in [7, 11) is -10.9. The van der Waals surface area contributed by atoms with Crippen LogP contribution in [0.25, 0.3) is 0 Å². The lowest BCUT2D eigenvalue weighted by Gasteiger charge is -2.21. The van der Waals surface area contributed by atoms with Gasteiger partial charge >= 0.3 is 33.3 Å². The Morgan fingerprint density at radius 1 is 0.707 bits per heavy atom. The second kappa shape index (κ2) is 40.2. The lowest BCUT2D eigenvalue weighted by molar-refractivity contribution is -0.161. The number of ether oxygens (including phenoxy) is 3. The molecule has 19 nitrogen and oxygen atoms in total. The fourth-order valence-corrected chi connectivity index (χ4v) is 8.56. The Kier molecular flexibility index (Phi) is 35.3. The summed E-state index contributed by atoms with van der Waals surface area (Å²) in [5.41, 5.74) is 4.57. The second-order valence-corrected chi connectivity index (χ2v) is 19.8. The fourth-order valence-electron chi connectivity index (χ4n) is 6.45. The van der Waals surface area contributed by atoms with Gasteiger partial charge in [0.2, 0.25) is 0 Å². The van der Waals surface area contributed by atoms with Crippen LogP contribution in [0.1, 0.15) is 116 Å². The number of hydrogen-bond acceptors (Lipinski definition) is 16. The van der Waals surface area contributed by atoms with Crippen LogP contribution in [0, 0.1) is 0 Å². The average molecular weight is 1090 g/mol. The van der Waals surface area contributed by atoms with Crippen molar-refractivity contribution in [1.82, 2.24) is 9.55 Å². The zero-order valence-corrected chi connectivity index (χ0v) is 44.9. The highest BCUT2D eigenvalue weighted by atomic mass is 31.3. The van der Waals surface area contributed by atoms with E-state index in [1.165, 1.54) is 6.07 Å². The number of phosphoric acid groups is 2. The minimum Gasteiger partial charge on any atom is -0.462 e. The van der Waals surface area contributed by atoms with Gasteiger partial charge in [-0.3, -0.25) is 23.2 Å². The number of allylic oxidation sites excluding steroid dienone is 20. The summed E-state index contributed by atoms with van der Waals surface area (Å²) >= 11 is 0. The third-order valence-electron chi connectivity index (χ3n) is 10.3. The molecule has 21 heteroatoms. The number of carbonyl (C=O) groups is 2. The smallest absolute Gasteiger partial charge is 0.462 e. The Hall–Kier alpha value is -5.14. The number of nitrogens with two attached hydrogens (primary N) is 1. The van der Waals surface area contributed by atoms with E-state index < -0.39 is 89.8 Å². The van der Waals surface area contributed by atoms with E-state index in [9.17, 15) is 48.6 Å². The van der Waals surface area contributed by atoms with Crippen LogP contribution in [0.2, 0.25) is 0 Å². The molecule has 1 aliphatic heterocycles. The molecule has 0 aliphatic carbocycles. The van der Waals surface area contributed by atoms with Gasteiger partial charge in [0.05, 0.1) is 19.3 Å². The van der Waals surface area contributed by atoms with Crippen LogP contribution in [-0.2, 0) is 46.3 Å². The van der Waals surface area contributed by atoms with Crippen molar-refractivity contribution >= 4 is 33.4 Å². The SMILES string of the molecule is CC/C=C\C/C=C\C/C=C\C/C=C\C/C=C\C/C=C\CCC(=O)O[C@H](COC(=O)CCC/C=C\C/C=C\C/C=C\C=C\CC(O)/C=C\CC)COP(=O)(O)OP(=O)(O)OC[C@H]1O[C@@H](n2ccc(N)nc2=O)[C@H](O)[C@@H]1O. The van der Waals surface area contributed by atoms with E-state index in [0.29, 0.717) is 32.1 Å². The summed E-state index contributed by atoms with van der Waals surface area (Å²) in [5, 5.41) is 30.7. The van der Waals surface area contributed by atoms with E-state index in [0.717, 1.165) is 55.7 Å². The molecule has 0 amide bonds. The Morgan fingerprint density at radius 3 is 1.83 bits per heavy atom. The molecule has 1 saturated heterocycles. The maximum absolute atomic E-state index is 12.9. The standard InChI is InChI=1S/C54H79N3O16P2/c1-3-5-7-8-9-10-11-12-13-14-15-16-17-18-23-26-29-32-35-39-50(60)71-46(42-68-49(59)38-34-31-28-25-22-20-19-21-24-27-30-33-37-45(58)36-6-4-2)43-69-74(64,65)73-75(66,67)70-44-47-51(61)52(62)53(72-47)57-41-40-48(55)56-54(57)63/h5-7,9-10,12-13,15-16,18-20,23-25,27-30,32-33,36,40-41,45-47,51-53,58,61-62H,3-4,8,11,14,17,21-22,26,31,34-35,37-39,42-44H2,1-2H3,(H,64,65)(H,66,67)(H2,55,56,63)/b7-5-,10-9-,13-12-,16-15-,20-19-,23-18-,27-24-,28-25-,32-29-,33-30+,36-6-/t45?,46-,47-,51-,52-,53-/m1/s1. The molecule has 1 aromatic heterocycles. The largest absolute Gasteiger partial charge is 0.481 e. The molecule has 0 saturated carbocycles. The number of hydrogen-bond donors (Lipinski definition) is 6. The molecule has 1 aliphatic rings. The first-order valence-corrected chi connectivity index (χ1v) is 28.3. The topological polar surface area (TPSA) is 286 Å². The van der Waals surface area contributed by atoms with Crippen molar-refractivity contribution in [2.45, 2.75) is 147 Å². The highest BCUT2D eigenvalue weighted by molar-refractivity contribution is 7.61. The zero-order valence-electron chi connectivity index (χ0n) is 43.1. The molecule has 416 valence electrons. The maximum atomic E-state index is 12.9. The minimum absolute atomic E-state index is 0.00599. The molecule has 1 fully saturated rings. The number of aromatic nitrogens is 2. The van der Waals surface area contributed by atoms with Crippen LogP contribution in [-0.4, -0.2) is 96.9 Å². The maximum Gasteiger partial charge on any atom is 0.481 e. The monoisotopic (exact) mass is 1090 g/mol. The quantitative estimate of drug-likeness (QED) is 0.0118. The van der Waals surface area contributed by atoms with Crippen LogP contribution >= 0.6 is 15.6 Å². The summed E-state index contributed by atoms with van der Waals surface area (Å²) in [5.74, 6) is -1.51. The number of nitrogens with zero attached hydrogens (tertiary/aromatic N) is 2. The Bertz CT molecular complexity index is 2300. The highest BCUT2D eigenvalue weighted by Gasteiger charge is 2.46. The number of carbonyl (C=O) groups excluding carboxylic acids is 2. The first-order chi connectivity index (χ1) is 36.1. The molecule has 8 atom stereocenters. The summed E-state index contributed by atoms with van der Waals surface area (Å²) in [4.78, 5) is 61.9. The summed E-state index contributed by atoms with van der Waals surface area (Å²) in [6.07, 6.45) is 46.1. The van der Waals surface area contributed by atoms with Crippen molar-refractivity contribution in [2.75, 3.05) is 25.6 Å². The molecule has 75 heavy (non-hydrogen) atoms. The number of esters is 2. The van der Waals surface area contributed by atoms with E-state index in [1.54, 1.807) is 12.2 Å². The molecule has 2 heterocycles. The fraction of sp³-hybridized carbons (Fsp3) is 0.481. The first-order valence-electron chi connectivity index (χ1n) is 25.3. The van der Waals surface area contributed by atoms with Gasteiger partial charge in [-0.05, 0) is 89.5 Å². The van der Waals surface area contributed by atoms with E-state index in [-0.39, 0.29) is 25.1 Å². The van der Waals surface area contributed by atoms with Crippen LogP contribution in [0.4, 0.5) is 5.82 Å². The van der Waals surface area contributed by atoms with E-state index >= 15 is 0 Å². The average Bonchev–Trinajstić information content (AvgIpc) is 3.65. The summed E-state index contributed by atoms with van der Waals surface area (Å²) in [6.45, 7) is 1.65. The molecular weight excluding hydrogens is 1010 g/mol. The Balaban J connectivity index is 1.87. The number of rotatable bonds is 39. The Labute approximate surface area is 441 Å². The normalized spacial score (nSPS) is 20.3. The predicted molar refractivity (Wildman–Crippen MR) is 289 cm³/mol. The Morgan fingerprint density at radius 2 is 1.24 bits per heavy atom. The number of phosphoric ester groups is 2. The molecule has 1 aromatic rings. The van der Waals surface area contributed by atoms with Gasteiger partial charge in [0.15, 0.2) is 12.3 Å². The van der Waals surface area contributed by atoms with Gasteiger partial charge in [-0.15, -0.1) is 0 Å². The zero-order chi connectivity index (χ0) is 55.0. The van der Waals surface area contributed by atoms with Crippen molar-refractivity contribution in [1.29, 1.82) is 0 Å². The molecule has 0 bridgehead atoms. The minimum atomic E-state index is -5.47. The van der Waals surface area contributed by atoms with Crippen molar-refractivity contribution in [2.24, 2.45) is 0 Å². The lowest BCUT2D eigenvalue weighted by Crippen LogP contribution is -2.36. The number of aliphatic hydroxyl groups excluding tert-OH is 3. The predicted octanol–water partition coefficient (Wildman–Crippen LogP) is 9.52. The molecule has 0 radical (unpaired) electrons. The molecule has 7 N–H and O–H groups in total. The van der Waals surface area contributed by atoms with E-state index in [2.05, 4.69) is 64.8 Å². The summed E-state index contributed by atoms with van der Waals surface area (Å²) in [6, 6.07) is 1.23. The van der Waals surface area contributed by atoms with Gasteiger partial charge in [-0.25, -0.2) is 13.9 Å². The van der Waals surface area contributed by atoms with E-state index in [4.69, 9.17) is 29.0 Å². The molecule has 0 spiro atoms. The number of aliphatic hydroxyl groups is 3. The van der Waals surface area contributed by atoms with Crippen LogP contribution < -0.4 is 11.4 Å². The van der Waals surface area contributed by atoms with Gasteiger partial charge in [-0.2, -0.15) is 9.29 Å². The van der Waals surface area contributed by atoms with E-state index in [1.807, 2.05) is 79.8 Å². The third-order valence-corrected chi connectivity index (χ3v) is 12.9. The van der Waals surface area contributed by atoms with Gasteiger partial charge in [0.25, 0.3) is 0 Å². The van der Waals surface area contributed by atoms with Crippen LogP contribution in [0.15, 0.2) is 151 Å². The highest BCUT2D eigenvalue weighted by Crippen LogP contribution is 2.60. The van der Waals surface area contributed by atoms with Crippen LogP contribution in [0.5, 0.6) is 0 Å². The summed E-state index contributed by atoms with van der Waals surface area (Å²) < 4.78 is 56.6. The van der Waals surface area contributed by atoms with Crippen molar-refractivity contribution in [3.63, 3.8) is 0 Å². The van der Waals surface area contributed by atoms with Gasteiger partial charge in [0, 0.05) is 19.0 Å². The second-order valence-electron chi connectivity index (χ2n) is 16.7. The molecular formula is C54H79N3O16P2. The van der Waals surface area contributed by atoms with Crippen molar-refractivity contribution in [3.05, 3.63) is 156 Å². The van der Waals surface area contributed by atoms with Gasteiger partial charge in [-0.1, -0.05) is 148 Å². The number of nitrogen functional groups attached to an aromatic ring is 1. The lowest BCUT2D eigenvalue weighted by atomic mass is 10.1. The number of anilines is 1. The van der Waals surface area contributed by atoms with Gasteiger partial charge in [0.1, 0.15) is 30.7 Å². The molecule has 2 rings (SSSR count). The van der Waals surface area contributed by atoms with Crippen molar-refractivity contribution < 1.29 is 71.4 Å². The molecule has 0 aromatic carbocycles. The molecule has 3 unspecified atom stereocenters. The van der Waals surface area contributed by atoms with Crippen LogP contribution in [0.3, 0.4) is 0 Å². The number of unbranched alkanes of at least 4 members (excludes halogenated alkanes) is 1. The van der Waals surface area contributed by atoms with Crippen molar-refractivity contribution in [3.8, 4) is 0 Å². The first kappa shape index (κ1) is 66.0. The third kappa shape index (κ3) is 32.8. The van der Waals surface area contributed by atoms with Gasteiger partial charge < -0.3 is 45.1 Å².